The van der Waals surface area contributed by atoms with Gasteiger partial charge in [-0.2, -0.15) is 0 Å². The Hall–Kier alpha value is -2.11. The van der Waals surface area contributed by atoms with Gasteiger partial charge in [0.05, 0.1) is 12.2 Å². The van der Waals surface area contributed by atoms with Gasteiger partial charge in [-0.1, -0.05) is 0 Å². The van der Waals surface area contributed by atoms with E-state index in [1.54, 1.807) is 19.4 Å². The van der Waals surface area contributed by atoms with E-state index in [1.807, 2.05) is 13.8 Å². The minimum absolute atomic E-state index is 0.146. The molecule has 0 aliphatic carbocycles. The first-order valence-corrected chi connectivity index (χ1v) is 5.35. The number of nitrogens with one attached hydrogen (secondary N) is 2. The van der Waals surface area contributed by atoms with Crippen molar-refractivity contribution in [1.29, 1.82) is 0 Å². The largest absolute Gasteiger partial charge is 0.358 e. The van der Waals surface area contributed by atoms with Crippen LogP contribution in [-0.4, -0.2) is 19.5 Å². The molecular formula is C11H15N5O. The molecule has 2 aromatic heterocycles. The minimum atomic E-state index is -0.146. The van der Waals surface area contributed by atoms with E-state index in [9.17, 15) is 4.79 Å². The van der Waals surface area contributed by atoms with Crippen LogP contribution in [0.15, 0.2) is 17.2 Å². The lowest BCUT2D eigenvalue weighted by Gasteiger charge is -2.03. The van der Waals surface area contributed by atoms with Crippen molar-refractivity contribution in [2.24, 2.45) is 7.05 Å². The van der Waals surface area contributed by atoms with Crippen LogP contribution < -0.4 is 10.9 Å². The first kappa shape index (κ1) is 11.4. The number of aromatic nitrogens is 4. The molecule has 0 aromatic carbocycles. The predicted octanol–water partition coefficient (Wildman–Crippen LogP) is 0.732. The number of aromatic amines is 1. The van der Waals surface area contributed by atoms with Gasteiger partial charge in [0, 0.05) is 25.1 Å². The molecule has 0 aliphatic heterocycles. The number of nitrogens with zero attached hydrogens (tertiary/aromatic N) is 3. The van der Waals surface area contributed by atoms with Gasteiger partial charge in [0.25, 0.3) is 5.56 Å². The molecule has 0 radical (unpaired) electrons. The summed E-state index contributed by atoms with van der Waals surface area (Å²) in [4.78, 5) is 23.1. The van der Waals surface area contributed by atoms with E-state index in [1.165, 1.54) is 4.57 Å². The van der Waals surface area contributed by atoms with Gasteiger partial charge in [-0.15, -0.1) is 0 Å². The Labute approximate surface area is 98.7 Å². The van der Waals surface area contributed by atoms with Gasteiger partial charge >= 0.3 is 0 Å². The SMILES string of the molecule is Cc1nc(CNc2nccn(C)c2=O)[nH]c1C. The second kappa shape index (κ2) is 4.40. The molecule has 2 rings (SSSR count). The van der Waals surface area contributed by atoms with Crippen molar-refractivity contribution in [3.8, 4) is 0 Å². The minimum Gasteiger partial charge on any atom is -0.358 e. The maximum atomic E-state index is 11.7. The number of aryl methyl sites for hydroxylation is 3. The smallest absolute Gasteiger partial charge is 0.293 e. The van der Waals surface area contributed by atoms with E-state index in [4.69, 9.17) is 0 Å². The zero-order valence-corrected chi connectivity index (χ0v) is 10.1. The fourth-order valence-electron chi connectivity index (χ4n) is 1.49. The van der Waals surface area contributed by atoms with Crippen LogP contribution in [0.2, 0.25) is 0 Å². The molecule has 2 aromatic rings. The number of rotatable bonds is 3. The summed E-state index contributed by atoms with van der Waals surface area (Å²) in [5.74, 6) is 1.13. The topological polar surface area (TPSA) is 75.6 Å². The highest BCUT2D eigenvalue weighted by Crippen LogP contribution is 2.04. The summed E-state index contributed by atoms with van der Waals surface area (Å²) < 4.78 is 1.48. The zero-order valence-electron chi connectivity index (χ0n) is 10.1. The zero-order chi connectivity index (χ0) is 12.4. The third-order valence-corrected chi connectivity index (χ3v) is 2.62. The Morgan fingerprint density at radius 1 is 1.47 bits per heavy atom. The Balaban J connectivity index is 2.12. The van der Waals surface area contributed by atoms with Gasteiger partial charge in [0.1, 0.15) is 5.82 Å². The van der Waals surface area contributed by atoms with Gasteiger partial charge in [0.2, 0.25) is 0 Å². The monoisotopic (exact) mass is 233 g/mol. The highest BCUT2D eigenvalue weighted by Gasteiger charge is 2.05. The van der Waals surface area contributed by atoms with E-state index in [-0.39, 0.29) is 5.56 Å². The molecule has 6 heteroatoms. The molecule has 0 aliphatic rings. The average Bonchev–Trinajstić information content (AvgIpc) is 2.61. The maximum absolute atomic E-state index is 11.7. The first-order valence-electron chi connectivity index (χ1n) is 5.35. The van der Waals surface area contributed by atoms with Gasteiger partial charge in [0.15, 0.2) is 5.82 Å². The third-order valence-electron chi connectivity index (χ3n) is 2.62. The van der Waals surface area contributed by atoms with Crippen LogP contribution in [0, 0.1) is 13.8 Å². The summed E-state index contributed by atoms with van der Waals surface area (Å²) in [5.41, 5.74) is 1.86. The van der Waals surface area contributed by atoms with Crippen LogP contribution in [-0.2, 0) is 13.6 Å². The second-order valence-corrected chi connectivity index (χ2v) is 3.94. The van der Waals surface area contributed by atoms with Crippen LogP contribution in [0.4, 0.5) is 5.82 Å². The number of H-pyrrole nitrogens is 1. The number of hydrogen-bond donors (Lipinski definition) is 2. The standard InChI is InChI=1S/C11H15N5O/c1-7-8(2)15-9(14-7)6-13-10-11(17)16(3)5-4-12-10/h4-5H,6H2,1-3H3,(H,12,13)(H,14,15). The molecule has 0 spiro atoms. The third kappa shape index (κ3) is 2.35. The number of imidazole rings is 1. The van der Waals surface area contributed by atoms with Crippen molar-refractivity contribution in [2.45, 2.75) is 20.4 Å². The molecule has 2 heterocycles. The normalized spacial score (nSPS) is 10.5. The van der Waals surface area contributed by atoms with Crippen molar-refractivity contribution in [3.63, 3.8) is 0 Å². The summed E-state index contributed by atoms with van der Waals surface area (Å²) in [6, 6.07) is 0. The maximum Gasteiger partial charge on any atom is 0.293 e. The van der Waals surface area contributed by atoms with E-state index in [2.05, 4.69) is 20.3 Å². The molecule has 0 fully saturated rings. The molecule has 17 heavy (non-hydrogen) atoms. The Morgan fingerprint density at radius 3 is 2.88 bits per heavy atom. The van der Waals surface area contributed by atoms with E-state index in [0.717, 1.165) is 17.2 Å². The van der Waals surface area contributed by atoms with E-state index < -0.39 is 0 Å². The van der Waals surface area contributed by atoms with Crippen molar-refractivity contribution in [2.75, 3.05) is 5.32 Å². The van der Waals surface area contributed by atoms with Crippen LogP contribution >= 0.6 is 0 Å². The summed E-state index contributed by atoms with van der Waals surface area (Å²) >= 11 is 0. The average molecular weight is 233 g/mol. The Morgan fingerprint density at radius 2 is 2.24 bits per heavy atom. The molecular weight excluding hydrogens is 218 g/mol. The van der Waals surface area contributed by atoms with Gasteiger partial charge in [-0.25, -0.2) is 9.97 Å². The molecule has 0 unspecified atom stereocenters. The summed E-state index contributed by atoms with van der Waals surface area (Å²) in [5, 5.41) is 2.97. The van der Waals surface area contributed by atoms with Crippen molar-refractivity contribution in [1.82, 2.24) is 19.5 Å². The fourth-order valence-corrected chi connectivity index (χ4v) is 1.49. The van der Waals surface area contributed by atoms with Crippen LogP contribution in [0.5, 0.6) is 0 Å². The predicted molar refractivity (Wildman–Crippen MR) is 64.9 cm³/mol. The summed E-state index contributed by atoms with van der Waals surface area (Å²) in [7, 11) is 1.69. The lowest BCUT2D eigenvalue weighted by molar-refractivity contribution is 0.835. The molecule has 0 amide bonds. The van der Waals surface area contributed by atoms with Crippen LogP contribution in [0.1, 0.15) is 17.2 Å². The molecule has 6 nitrogen and oxygen atoms in total. The van der Waals surface area contributed by atoms with Gasteiger partial charge in [-0.05, 0) is 13.8 Å². The van der Waals surface area contributed by atoms with Gasteiger partial charge in [-0.3, -0.25) is 4.79 Å². The van der Waals surface area contributed by atoms with Crippen LogP contribution in [0.25, 0.3) is 0 Å². The summed E-state index contributed by atoms with van der Waals surface area (Å²) in [6.07, 6.45) is 3.21. The van der Waals surface area contributed by atoms with Crippen molar-refractivity contribution < 1.29 is 0 Å². The highest BCUT2D eigenvalue weighted by atomic mass is 16.1. The second-order valence-electron chi connectivity index (χ2n) is 3.94. The molecule has 90 valence electrons. The van der Waals surface area contributed by atoms with Crippen LogP contribution in [0.3, 0.4) is 0 Å². The molecule has 0 bridgehead atoms. The highest BCUT2D eigenvalue weighted by molar-refractivity contribution is 5.31. The lowest BCUT2D eigenvalue weighted by Crippen LogP contribution is -2.21. The lowest BCUT2D eigenvalue weighted by atomic mass is 10.4. The Kier molecular flexibility index (Phi) is 2.95. The van der Waals surface area contributed by atoms with E-state index >= 15 is 0 Å². The first-order chi connectivity index (χ1) is 8.08. The fraction of sp³-hybridized carbons (Fsp3) is 0.364. The number of hydrogen-bond acceptors (Lipinski definition) is 4. The molecule has 2 N–H and O–H groups in total. The van der Waals surface area contributed by atoms with Gasteiger partial charge < -0.3 is 14.9 Å². The molecule has 0 saturated heterocycles. The Bertz CT molecular complexity index is 564. The molecule has 0 saturated carbocycles. The molecule has 0 atom stereocenters. The van der Waals surface area contributed by atoms with Crippen molar-refractivity contribution in [3.05, 3.63) is 40.0 Å². The quantitative estimate of drug-likeness (QED) is 0.819. The van der Waals surface area contributed by atoms with E-state index in [0.29, 0.717) is 12.4 Å². The summed E-state index contributed by atoms with van der Waals surface area (Å²) in [6.45, 7) is 4.36. The van der Waals surface area contributed by atoms with Crippen molar-refractivity contribution >= 4 is 5.82 Å². The number of anilines is 1.